The lowest BCUT2D eigenvalue weighted by molar-refractivity contribution is -0.134. The molecule has 6 heteroatoms. The first-order valence-electron chi connectivity index (χ1n) is 9.84. The van der Waals surface area contributed by atoms with Crippen LogP contribution in [0.1, 0.15) is 61.6 Å². The highest BCUT2D eigenvalue weighted by Gasteiger charge is 2.50. The van der Waals surface area contributed by atoms with E-state index in [1.54, 1.807) is 0 Å². The van der Waals surface area contributed by atoms with Crippen molar-refractivity contribution in [2.45, 2.75) is 71.3 Å². The van der Waals surface area contributed by atoms with E-state index in [2.05, 4.69) is 10.6 Å². The minimum absolute atomic E-state index is 0.248. The maximum Gasteiger partial charge on any atom is 0.325 e. The van der Waals surface area contributed by atoms with Gasteiger partial charge in [0.2, 0.25) is 5.91 Å². The summed E-state index contributed by atoms with van der Waals surface area (Å²) in [5.41, 5.74) is 3.00. The van der Waals surface area contributed by atoms with Gasteiger partial charge in [0.1, 0.15) is 12.1 Å². The first kappa shape index (κ1) is 19.4. The zero-order valence-corrected chi connectivity index (χ0v) is 16.5. The molecule has 1 saturated heterocycles. The molecule has 4 amide bonds. The van der Waals surface area contributed by atoms with Crippen molar-refractivity contribution in [3.63, 3.8) is 0 Å². The Hall–Kier alpha value is -2.37. The molecule has 0 aromatic heterocycles. The summed E-state index contributed by atoms with van der Waals surface area (Å²) in [5.74, 6) is -0.599. The summed E-state index contributed by atoms with van der Waals surface area (Å²) >= 11 is 0. The molecule has 2 fully saturated rings. The van der Waals surface area contributed by atoms with Gasteiger partial charge in [0.15, 0.2) is 0 Å². The quantitative estimate of drug-likeness (QED) is 0.797. The molecule has 6 nitrogen and oxygen atoms in total. The minimum Gasteiger partial charge on any atom is -0.324 e. The molecule has 2 N–H and O–H groups in total. The van der Waals surface area contributed by atoms with Crippen molar-refractivity contribution < 1.29 is 14.4 Å². The fraction of sp³-hybridized carbons (Fsp3) is 0.571. The molecule has 0 radical (unpaired) electrons. The predicted molar refractivity (Wildman–Crippen MR) is 105 cm³/mol. The zero-order valence-electron chi connectivity index (χ0n) is 16.5. The van der Waals surface area contributed by atoms with E-state index in [1.807, 2.05) is 32.9 Å². The van der Waals surface area contributed by atoms with Crippen LogP contribution in [0.5, 0.6) is 0 Å². The first-order valence-corrected chi connectivity index (χ1v) is 9.84. The molecule has 1 aliphatic heterocycles. The molecule has 1 aliphatic carbocycles. The van der Waals surface area contributed by atoms with Crippen LogP contribution in [0.3, 0.4) is 0 Å². The predicted octanol–water partition coefficient (Wildman–Crippen LogP) is 3.59. The number of hydrogen-bond acceptors (Lipinski definition) is 3. The van der Waals surface area contributed by atoms with Crippen molar-refractivity contribution in [1.82, 2.24) is 10.2 Å². The Morgan fingerprint density at radius 3 is 2.19 bits per heavy atom. The normalized spacial score (nSPS) is 19.6. The summed E-state index contributed by atoms with van der Waals surface area (Å²) in [7, 11) is 0. The van der Waals surface area contributed by atoms with Crippen LogP contribution < -0.4 is 10.6 Å². The Bertz CT molecular complexity index is 741. The highest BCUT2D eigenvalue weighted by atomic mass is 16.2. The van der Waals surface area contributed by atoms with E-state index in [4.69, 9.17) is 0 Å². The number of rotatable bonds is 3. The van der Waals surface area contributed by atoms with E-state index in [9.17, 15) is 14.4 Å². The second-order valence-electron chi connectivity index (χ2n) is 7.99. The lowest BCUT2D eigenvalue weighted by Gasteiger charge is -2.28. The summed E-state index contributed by atoms with van der Waals surface area (Å²) in [6.45, 7) is 5.63. The number of nitrogens with zero attached hydrogens (tertiary/aromatic N) is 1. The molecule has 3 rings (SSSR count). The summed E-state index contributed by atoms with van der Waals surface area (Å²) in [6, 6.07) is 3.55. The van der Waals surface area contributed by atoms with Crippen molar-refractivity contribution in [2.24, 2.45) is 0 Å². The number of anilines is 1. The van der Waals surface area contributed by atoms with Crippen molar-refractivity contribution in [3.8, 4) is 0 Å². The Morgan fingerprint density at radius 2 is 1.59 bits per heavy atom. The Balaban J connectivity index is 1.71. The van der Waals surface area contributed by atoms with E-state index in [0.29, 0.717) is 12.8 Å². The van der Waals surface area contributed by atoms with Crippen molar-refractivity contribution in [3.05, 3.63) is 28.8 Å². The lowest BCUT2D eigenvalue weighted by atomic mass is 9.84. The van der Waals surface area contributed by atoms with Crippen molar-refractivity contribution in [2.75, 3.05) is 11.9 Å². The third-order valence-corrected chi connectivity index (χ3v) is 5.70. The monoisotopic (exact) mass is 371 g/mol. The standard InChI is InChI=1S/C21H29N3O3/c1-14-11-15(2)18(16(3)12-14)22-17(25)13-24-19(26)21(23-20(24)27)9-7-5-4-6-8-10-21/h11-12H,4-10,13H2,1-3H3,(H,22,25)(H,23,27). The molecule has 0 unspecified atom stereocenters. The maximum absolute atomic E-state index is 13.0. The minimum atomic E-state index is -0.812. The van der Waals surface area contributed by atoms with Gasteiger partial charge in [-0.05, 0) is 44.7 Å². The van der Waals surface area contributed by atoms with Gasteiger partial charge in [0.25, 0.3) is 5.91 Å². The van der Waals surface area contributed by atoms with Gasteiger partial charge in [-0.1, -0.05) is 49.8 Å². The number of imide groups is 1. The van der Waals surface area contributed by atoms with E-state index < -0.39 is 11.6 Å². The summed E-state index contributed by atoms with van der Waals surface area (Å²) in [5, 5.41) is 5.77. The molecule has 2 aliphatic rings. The largest absolute Gasteiger partial charge is 0.325 e. The van der Waals surface area contributed by atoms with E-state index in [1.165, 1.54) is 6.42 Å². The third kappa shape index (κ3) is 3.99. The molecule has 1 aromatic carbocycles. The van der Waals surface area contributed by atoms with Crippen molar-refractivity contribution in [1.29, 1.82) is 0 Å². The molecule has 0 bridgehead atoms. The summed E-state index contributed by atoms with van der Waals surface area (Å²) in [4.78, 5) is 39.1. The van der Waals surface area contributed by atoms with Crippen LogP contribution in [0.15, 0.2) is 12.1 Å². The number of carbonyl (C=O) groups is 3. The molecule has 0 atom stereocenters. The van der Waals surface area contributed by atoms with E-state index >= 15 is 0 Å². The molecule has 146 valence electrons. The van der Waals surface area contributed by atoms with Crippen LogP contribution in [0.25, 0.3) is 0 Å². The zero-order chi connectivity index (χ0) is 19.6. The number of amides is 4. The van der Waals surface area contributed by atoms with Crippen LogP contribution in [0, 0.1) is 20.8 Å². The SMILES string of the molecule is Cc1cc(C)c(NC(=O)CN2C(=O)NC3(CCCCCCC3)C2=O)c(C)c1. The smallest absolute Gasteiger partial charge is 0.324 e. The molecular formula is C21H29N3O3. The summed E-state index contributed by atoms with van der Waals surface area (Å²) < 4.78 is 0. The van der Waals surface area contributed by atoms with Crippen LogP contribution >= 0.6 is 0 Å². The number of aryl methyl sites for hydroxylation is 3. The van der Waals surface area contributed by atoms with E-state index in [-0.39, 0.29) is 18.4 Å². The van der Waals surface area contributed by atoms with Gasteiger partial charge in [-0.15, -0.1) is 0 Å². The number of hydrogen-bond donors (Lipinski definition) is 2. The average molecular weight is 371 g/mol. The highest BCUT2D eigenvalue weighted by Crippen LogP contribution is 2.32. The average Bonchev–Trinajstić information content (AvgIpc) is 2.79. The third-order valence-electron chi connectivity index (χ3n) is 5.70. The molecular weight excluding hydrogens is 342 g/mol. The number of carbonyl (C=O) groups excluding carboxylic acids is 3. The fourth-order valence-electron chi connectivity index (χ4n) is 4.37. The van der Waals surface area contributed by atoms with Crippen LogP contribution in [0.2, 0.25) is 0 Å². The number of urea groups is 1. The fourth-order valence-corrected chi connectivity index (χ4v) is 4.37. The van der Waals surface area contributed by atoms with E-state index in [0.717, 1.165) is 53.0 Å². The molecule has 1 heterocycles. The highest BCUT2D eigenvalue weighted by molar-refractivity contribution is 6.10. The second-order valence-corrected chi connectivity index (χ2v) is 7.99. The Labute approximate surface area is 160 Å². The van der Waals surface area contributed by atoms with Crippen LogP contribution in [0.4, 0.5) is 10.5 Å². The number of benzene rings is 1. The topological polar surface area (TPSA) is 78.5 Å². The lowest BCUT2D eigenvalue weighted by Crippen LogP contribution is -2.47. The van der Waals surface area contributed by atoms with Crippen molar-refractivity contribution >= 4 is 23.5 Å². The first-order chi connectivity index (χ1) is 12.8. The summed E-state index contributed by atoms with van der Waals surface area (Å²) in [6.07, 6.45) is 6.51. The van der Waals surface area contributed by atoms with Gasteiger partial charge in [-0.2, -0.15) is 0 Å². The Morgan fingerprint density at radius 1 is 1.04 bits per heavy atom. The molecule has 1 spiro atoms. The maximum atomic E-state index is 13.0. The van der Waals surface area contributed by atoms with Gasteiger partial charge in [0.05, 0.1) is 0 Å². The Kier molecular flexibility index (Phi) is 5.53. The van der Waals surface area contributed by atoms with Gasteiger partial charge in [-0.3, -0.25) is 14.5 Å². The van der Waals surface area contributed by atoms with Gasteiger partial charge >= 0.3 is 6.03 Å². The molecule has 27 heavy (non-hydrogen) atoms. The van der Waals surface area contributed by atoms with Crippen LogP contribution in [-0.2, 0) is 9.59 Å². The van der Waals surface area contributed by atoms with Crippen LogP contribution in [-0.4, -0.2) is 34.8 Å². The van der Waals surface area contributed by atoms with Gasteiger partial charge in [0, 0.05) is 5.69 Å². The number of nitrogens with one attached hydrogen (secondary N) is 2. The second kappa shape index (κ2) is 7.71. The molecule has 1 saturated carbocycles. The van der Waals surface area contributed by atoms with Gasteiger partial charge in [-0.25, -0.2) is 4.79 Å². The van der Waals surface area contributed by atoms with Gasteiger partial charge < -0.3 is 10.6 Å². The molecule has 1 aromatic rings.